The van der Waals surface area contributed by atoms with E-state index in [9.17, 15) is 4.79 Å². The lowest BCUT2D eigenvalue weighted by atomic mass is 9.99. The van der Waals surface area contributed by atoms with Crippen molar-refractivity contribution < 1.29 is 9.53 Å². The molecule has 0 aliphatic carbocycles. The Morgan fingerprint density at radius 1 is 1.08 bits per heavy atom. The Morgan fingerprint density at radius 3 is 2.38 bits per heavy atom. The van der Waals surface area contributed by atoms with Crippen molar-refractivity contribution in [2.75, 3.05) is 0 Å². The summed E-state index contributed by atoms with van der Waals surface area (Å²) in [6.45, 7) is 10.8. The third kappa shape index (κ3) is 6.01. The summed E-state index contributed by atoms with van der Waals surface area (Å²) in [5, 5.41) is 0. The normalized spacial score (nSPS) is 17.3. The van der Waals surface area contributed by atoms with Gasteiger partial charge in [-0.25, -0.2) is 4.79 Å². The molecule has 0 amide bonds. The second-order valence-corrected chi connectivity index (χ2v) is 7.75. The van der Waals surface area contributed by atoms with Gasteiger partial charge in [0.05, 0.1) is 0 Å². The molecule has 26 heavy (non-hydrogen) atoms. The Bertz CT molecular complexity index is 698. The monoisotopic (exact) mass is 352 g/mol. The average Bonchev–Trinajstić information content (AvgIpc) is 2.95. The summed E-state index contributed by atoms with van der Waals surface area (Å²) < 4.78 is 5.55. The van der Waals surface area contributed by atoms with E-state index >= 15 is 0 Å². The zero-order valence-electron chi connectivity index (χ0n) is 16.8. The highest BCUT2D eigenvalue weighted by Crippen LogP contribution is 2.30. The number of carbonyl (C=O) groups excluding carboxylic acids is 1. The van der Waals surface area contributed by atoms with Gasteiger partial charge in [-0.2, -0.15) is 0 Å². The molecule has 0 aromatic heterocycles. The maximum absolute atomic E-state index is 12.1. The van der Waals surface area contributed by atoms with Crippen LogP contribution in [-0.2, 0) is 9.53 Å². The molecule has 2 heteroatoms. The standard InChI is InChI=1S/C24H32O2/c1-17(2)8-6-9-19(5)10-7-11-22-16-23(26-24(22)25)21-14-12-20(13-15-21)18(3)4/h8,10,12-16,18,23H,6-7,9,11H2,1-5H3/b19-10+/t23-/m1/s1. The zero-order valence-corrected chi connectivity index (χ0v) is 16.8. The van der Waals surface area contributed by atoms with Crippen molar-refractivity contribution in [1.29, 1.82) is 0 Å². The van der Waals surface area contributed by atoms with Gasteiger partial charge in [-0.05, 0) is 69.6 Å². The molecule has 1 aliphatic rings. The Hall–Kier alpha value is -2.09. The molecule has 1 aliphatic heterocycles. The van der Waals surface area contributed by atoms with E-state index in [0.29, 0.717) is 5.92 Å². The van der Waals surface area contributed by atoms with Crippen LogP contribution < -0.4 is 0 Å². The quantitative estimate of drug-likeness (QED) is 0.379. The first-order chi connectivity index (χ1) is 12.4. The van der Waals surface area contributed by atoms with Gasteiger partial charge in [-0.15, -0.1) is 0 Å². The summed E-state index contributed by atoms with van der Waals surface area (Å²) in [6, 6.07) is 8.39. The number of allylic oxidation sites excluding steroid dienone is 4. The fourth-order valence-corrected chi connectivity index (χ4v) is 3.06. The largest absolute Gasteiger partial charge is 0.450 e. The van der Waals surface area contributed by atoms with Crippen LogP contribution in [-0.4, -0.2) is 5.97 Å². The Balaban J connectivity index is 1.90. The van der Waals surface area contributed by atoms with Crippen molar-refractivity contribution in [3.05, 3.63) is 70.3 Å². The number of esters is 1. The number of ether oxygens (including phenoxy) is 1. The second kappa shape index (κ2) is 9.56. The van der Waals surface area contributed by atoms with E-state index in [1.807, 2.05) is 6.08 Å². The van der Waals surface area contributed by atoms with Gasteiger partial charge < -0.3 is 4.74 Å². The maximum atomic E-state index is 12.1. The van der Waals surface area contributed by atoms with Crippen LogP contribution in [0.25, 0.3) is 0 Å². The summed E-state index contributed by atoms with van der Waals surface area (Å²) in [5.74, 6) is 0.339. The van der Waals surface area contributed by atoms with Crippen LogP contribution in [0.2, 0.25) is 0 Å². The topological polar surface area (TPSA) is 26.3 Å². The Kier molecular flexibility index (Phi) is 7.44. The minimum Gasteiger partial charge on any atom is -0.450 e. The number of hydrogen-bond acceptors (Lipinski definition) is 2. The van der Waals surface area contributed by atoms with Gasteiger partial charge in [0.2, 0.25) is 0 Å². The predicted molar refractivity (Wildman–Crippen MR) is 109 cm³/mol. The SMILES string of the molecule is CC(C)=CCC/C(C)=C/CCC1=C[C@H](c2ccc(C(C)C)cc2)OC1=O. The van der Waals surface area contributed by atoms with E-state index in [0.717, 1.165) is 36.8 Å². The number of rotatable bonds is 8. The van der Waals surface area contributed by atoms with Gasteiger partial charge in [0.25, 0.3) is 0 Å². The fraction of sp³-hybridized carbons (Fsp3) is 0.458. The number of benzene rings is 1. The molecule has 0 unspecified atom stereocenters. The fourth-order valence-electron chi connectivity index (χ4n) is 3.06. The molecule has 0 saturated carbocycles. The van der Waals surface area contributed by atoms with Crippen molar-refractivity contribution in [3.63, 3.8) is 0 Å². The summed E-state index contributed by atoms with van der Waals surface area (Å²) in [5.41, 5.74) is 5.90. The molecular weight excluding hydrogens is 320 g/mol. The number of hydrogen-bond donors (Lipinski definition) is 0. The van der Waals surface area contributed by atoms with Gasteiger partial charge in [-0.1, -0.05) is 61.4 Å². The molecule has 0 radical (unpaired) electrons. The van der Waals surface area contributed by atoms with Crippen molar-refractivity contribution >= 4 is 5.97 Å². The molecular formula is C24H32O2. The number of cyclic esters (lactones) is 1. The lowest BCUT2D eigenvalue weighted by Gasteiger charge is -2.10. The summed E-state index contributed by atoms with van der Waals surface area (Å²) >= 11 is 0. The van der Waals surface area contributed by atoms with Crippen LogP contribution >= 0.6 is 0 Å². The molecule has 1 aromatic rings. The van der Waals surface area contributed by atoms with Crippen molar-refractivity contribution in [3.8, 4) is 0 Å². The van der Waals surface area contributed by atoms with Crippen LogP contribution in [0.3, 0.4) is 0 Å². The lowest BCUT2D eigenvalue weighted by Crippen LogP contribution is -2.02. The highest BCUT2D eigenvalue weighted by molar-refractivity contribution is 5.91. The van der Waals surface area contributed by atoms with Gasteiger partial charge in [0.1, 0.15) is 6.10 Å². The van der Waals surface area contributed by atoms with E-state index < -0.39 is 0 Å². The first-order valence-corrected chi connectivity index (χ1v) is 9.67. The molecule has 2 rings (SSSR count). The molecule has 140 valence electrons. The zero-order chi connectivity index (χ0) is 19.1. The van der Waals surface area contributed by atoms with Crippen LogP contribution in [0.5, 0.6) is 0 Å². The van der Waals surface area contributed by atoms with Crippen molar-refractivity contribution in [1.82, 2.24) is 0 Å². The first-order valence-electron chi connectivity index (χ1n) is 9.67. The van der Waals surface area contributed by atoms with Gasteiger partial charge in [-0.3, -0.25) is 0 Å². The molecule has 0 fully saturated rings. The highest BCUT2D eigenvalue weighted by Gasteiger charge is 2.25. The van der Waals surface area contributed by atoms with Crippen molar-refractivity contribution in [2.45, 2.75) is 72.3 Å². The molecule has 0 N–H and O–H groups in total. The summed E-state index contributed by atoms with van der Waals surface area (Å²) in [4.78, 5) is 12.1. The molecule has 0 bridgehead atoms. The minimum atomic E-state index is -0.235. The summed E-state index contributed by atoms with van der Waals surface area (Å²) in [7, 11) is 0. The molecule has 0 spiro atoms. The maximum Gasteiger partial charge on any atom is 0.334 e. The third-order valence-electron chi connectivity index (χ3n) is 4.78. The molecule has 0 saturated heterocycles. The predicted octanol–water partition coefficient (Wildman–Crippen LogP) is 6.81. The van der Waals surface area contributed by atoms with Crippen LogP contribution in [0.1, 0.15) is 83.5 Å². The van der Waals surface area contributed by atoms with Crippen LogP contribution in [0.4, 0.5) is 0 Å². The van der Waals surface area contributed by atoms with E-state index in [1.165, 1.54) is 16.7 Å². The second-order valence-electron chi connectivity index (χ2n) is 7.75. The van der Waals surface area contributed by atoms with Crippen molar-refractivity contribution in [2.24, 2.45) is 0 Å². The lowest BCUT2D eigenvalue weighted by molar-refractivity contribution is -0.140. The Labute approximate surface area is 158 Å². The number of carbonyl (C=O) groups is 1. The van der Waals surface area contributed by atoms with E-state index in [1.54, 1.807) is 0 Å². The van der Waals surface area contributed by atoms with E-state index in [2.05, 4.69) is 71.0 Å². The van der Waals surface area contributed by atoms with E-state index in [4.69, 9.17) is 4.74 Å². The van der Waals surface area contributed by atoms with Gasteiger partial charge in [0, 0.05) is 5.57 Å². The highest BCUT2D eigenvalue weighted by atomic mass is 16.5. The Morgan fingerprint density at radius 2 is 1.77 bits per heavy atom. The molecule has 1 heterocycles. The minimum absolute atomic E-state index is 0.168. The summed E-state index contributed by atoms with van der Waals surface area (Å²) in [6.07, 6.45) is 10.1. The molecule has 1 atom stereocenters. The van der Waals surface area contributed by atoms with Crippen LogP contribution in [0, 0.1) is 0 Å². The van der Waals surface area contributed by atoms with E-state index in [-0.39, 0.29) is 12.1 Å². The first kappa shape index (κ1) is 20.2. The van der Waals surface area contributed by atoms with Gasteiger partial charge >= 0.3 is 5.97 Å². The van der Waals surface area contributed by atoms with Crippen LogP contribution in [0.15, 0.2) is 59.2 Å². The smallest absolute Gasteiger partial charge is 0.334 e. The third-order valence-corrected chi connectivity index (χ3v) is 4.78. The average molecular weight is 353 g/mol. The molecule has 1 aromatic carbocycles. The van der Waals surface area contributed by atoms with Gasteiger partial charge in [0.15, 0.2) is 0 Å². The molecule has 2 nitrogen and oxygen atoms in total.